The zero-order chi connectivity index (χ0) is 15.0. The Morgan fingerprint density at radius 1 is 1.30 bits per heavy atom. The fraction of sp³-hybridized carbons (Fsp3) is 0.500. The lowest BCUT2D eigenvalue weighted by Crippen LogP contribution is -2.34. The normalized spacial score (nSPS) is 19.9. The topological polar surface area (TPSA) is 20.3 Å². The summed E-state index contributed by atoms with van der Waals surface area (Å²) in [5.41, 5.74) is 1.21. The van der Waals surface area contributed by atoms with Gasteiger partial charge in [-0.25, -0.2) is 0 Å². The van der Waals surface area contributed by atoms with Crippen molar-refractivity contribution in [1.82, 2.24) is 4.90 Å². The van der Waals surface area contributed by atoms with Crippen LogP contribution in [0.25, 0.3) is 0 Å². The van der Waals surface area contributed by atoms with Crippen molar-refractivity contribution in [2.45, 2.75) is 33.1 Å². The van der Waals surface area contributed by atoms with Gasteiger partial charge in [-0.05, 0) is 24.8 Å². The first kappa shape index (κ1) is 16.5. The van der Waals surface area contributed by atoms with Gasteiger partial charge in [0.2, 0.25) is 5.91 Å². The summed E-state index contributed by atoms with van der Waals surface area (Å²) >= 11 is 0. The van der Waals surface area contributed by atoms with Crippen LogP contribution in [0.1, 0.15) is 33.1 Å². The molecule has 0 aromatic carbocycles. The van der Waals surface area contributed by atoms with Gasteiger partial charge in [0.1, 0.15) is 0 Å². The highest BCUT2D eigenvalue weighted by Crippen LogP contribution is 2.26. The number of hydrogen-bond acceptors (Lipinski definition) is 1. The van der Waals surface area contributed by atoms with Gasteiger partial charge in [0.05, 0.1) is 0 Å². The van der Waals surface area contributed by atoms with Crippen LogP contribution in [-0.2, 0) is 4.79 Å². The lowest BCUT2D eigenvalue weighted by Gasteiger charge is -2.22. The van der Waals surface area contributed by atoms with E-state index < -0.39 is 0 Å². The van der Waals surface area contributed by atoms with Gasteiger partial charge < -0.3 is 4.90 Å². The predicted molar refractivity (Wildman–Crippen MR) is 86.4 cm³/mol. The second kappa shape index (κ2) is 8.57. The van der Waals surface area contributed by atoms with Crippen LogP contribution in [0.4, 0.5) is 0 Å². The van der Waals surface area contributed by atoms with E-state index in [1.54, 1.807) is 6.08 Å². The van der Waals surface area contributed by atoms with Gasteiger partial charge in [0.15, 0.2) is 0 Å². The fourth-order valence-corrected chi connectivity index (χ4v) is 2.74. The number of rotatable bonds is 7. The standard InChI is InChI=1S/C18H27NO/c1-5-9-10-11-16(8-4)17-12-13-19(14-17)18(20)15(6-2)7-3/h5,8-11,15,17H,1,4,6-7,12-14H2,2-3H3/b10-9-,16-11+. The average molecular weight is 273 g/mol. The van der Waals surface area contributed by atoms with Crippen molar-refractivity contribution in [2.24, 2.45) is 11.8 Å². The van der Waals surface area contributed by atoms with Crippen LogP contribution in [0.15, 0.2) is 49.1 Å². The molecule has 1 fully saturated rings. The molecule has 1 aliphatic heterocycles. The molecule has 1 rings (SSSR count). The lowest BCUT2D eigenvalue weighted by molar-refractivity contribution is -0.134. The highest BCUT2D eigenvalue weighted by molar-refractivity contribution is 5.79. The Kier molecular flexibility index (Phi) is 7.06. The summed E-state index contributed by atoms with van der Waals surface area (Å²) in [5.74, 6) is 0.924. The number of hydrogen-bond donors (Lipinski definition) is 0. The molecule has 1 aliphatic rings. The van der Waals surface area contributed by atoms with E-state index in [4.69, 9.17) is 0 Å². The molecule has 2 heteroatoms. The van der Waals surface area contributed by atoms with Crippen molar-refractivity contribution in [3.05, 3.63) is 49.1 Å². The van der Waals surface area contributed by atoms with Crippen LogP contribution in [0.5, 0.6) is 0 Å². The summed E-state index contributed by atoms with van der Waals surface area (Å²) in [6.45, 7) is 13.4. The van der Waals surface area contributed by atoms with Crippen molar-refractivity contribution in [2.75, 3.05) is 13.1 Å². The zero-order valence-corrected chi connectivity index (χ0v) is 12.8. The highest BCUT2D eigenvalue weighted by Gasteiger charge is 2.30. The molecule has 0 radical (unpaired) electrons. The molecule has 20 heavy (non-hydrogen) atoms. The van der Waals surface area contributed by atoms with Crippen molar-refractivity contribution >= 4 is 5.91 Å². The molecule has 0 aromatic rings. The molecule has 1 amide bonds. The summed E-state index contributed by atoms with van der Waals surface area (Å²) < 4.78 is 0. The van der Waals surface area contributed by atoms with Crippen LogP contribution >= 0.6 is 0 Å². The Labute approximate surface area is 123 Å². The first-order chi connectivity index (χ1) is 9.67. The van der Waals surface area contributed by atoms with Gasteiger partial charge in [-0.1, -0.05) is 57.4 Å². The molecule has 0 aliphatic carbocycles. The number of nitrogens with zero attached hydrogens (tertiary/aromatic N) is 1. The van der Waals surface area contributed by atoms with E-state index in [1.807, 2.05) is 23.1 Å². The van der Waals surface area contributed by atoms with Crippen molar-refractivity contribution in [3.8, 4) is 0 Å². The van der Waals surface area contributed by atoms with Gasteiger partial charge in [-0.2, -0.15) is 0 Å². The average Bonchev–Trinajstić information content (AvgIpc) is 2.94. The summed E-state index contributed by atoms with van der Waals surface area (Å²) in [7, 11) is 0. The summed E-state index contributed by atoms with van der Waals surface area (Å²) in [6.07, 6.45) is 12.5. The maximum atomic E-state index is 12.4. The van der Waals surface area contributed by atoms with Gasteiger partial charge in [0.25, 0.3) is 0 Å². The van der Waals surface area contributed by atoms with Crippen LogP contribution in [0, 0.1) is 11.8 Å². The largest absolute Gasteiger partial charge is 0.342 e. The number of allylic oxidation sites excluding steroid dienone is 5. The molecular weight excluding hydrogens is 246 g/mol. The maximum Gasteiger partial charge on any atom is 0.225 e. The Morgan fingerprint density at radius 2 is 2.00 bits per heavy atom. The minimum absolute atomic E-state index is 0.186. The molecule has 0 N–H and O–H groups in total. The highest BCUT2D eigenvalue weighted by atomic mass is 16.2. The Bertz CT molecular complexity index is 402. The lowest BCUT2D eigenvalue weighted by atomic mass is 9.97. The smallest absolute Gasteiger partial charge is 0.225 e. The number of carbonyl (C=O) groups is 1. The van der Waals surface area contributed by atoms with Crippen molar-refractivity contribution < 1.29 is 4.79 Å². The third-order valence-electron chi connectivity index (χ3n) is 4.08. The molecular formula is C18H27NO. The number of amides is 1. The molecule has 0 aromatic heterocycles. The molecule has 0 spiro atoms. The zero-order valence-electron chi connectivity index (χ0n) is 12.8. The number of likely N-dealkylation sites (tertiary alicyclic amines) is 1. The quantitative estimate of drug-likeness (QED) is 0.639. The Morgan fingerprint density at radius 3 is 2.55 bits per heavy atom. The minimum Gasteiger partial charge on any atom is -0.342 e. The minimum atomic E-state index is 0.186. The fourth-order valence-electron chi connectivity index (χ4n) is 2.74. The molecule has 1 atom stereocenters. The molecule has 0 bridgehead atoms. The van der Waals surface area contributed by atoms with Crippen molar-refractivity contribution in [3.63, 3.8) is 0 Å². The summed E-state index contributed by atoms with van der Waals surface area (Å²) in [4.78, 5) is 14.4. The SMILES string of the molecule is C=C/C=C\C=C(/C=C)C1CCN(C(=O)C(CC)CC)C1. The van der Waals surface area contributed by atoms with Gasteiger partial charge in [0, 0.05) is 24.9 Å². The second-order valence-corrected chi connectivity index (χ2v) is 5.27. The van der Waals surface area contributed by atoms with E-state index in [2.05, 4.69) is 33.1 Å². The van der Waals surface area contributed by atoms with Crippen molar-refractivity contribution in [1.29, 1.82) is 0 Å². The first-order valence-corrected chi connectivity index (χ1v) is 7.58. The second-order valence-electron chi connectivity index (χ2n) is 5.27. The predicted octanol–water partition coefficient (Wildman–Crippen LogP) is 4.13. The Hall–Kier alpha value is -1.57. The van der Waals surface area contributed by atoms with E-state index in [1.165, 1.54) is 5.57 Å². The van der Waals surface area contributed by atoms with Crippen LogP contribution in [-0.4, -0.2) is 23.9 Å². The summed E-state index contributed by atoms with van der Waals surface area (Å²) in [5, 5.41) is 0. The molecule has 1 unspecified atom stereocenters. The summed E-state index contributed by atoms with van der Waals surface area (Å²) in [6, 6.07) is 0. The first-order valence-electron chi connectivity index (χ1n) is 7.58. The van der Waals surface area contributed by atoms with Gasteiger partial charge in [-0.15, -0.1) is 0 Å². The number of carbonyl (C=O) groups excluding carboxylic acids is 1. The molecule has 2 nitrogen and oxygen atoms in total. The van der Waals surface area contributed by atoms with E-state index in [9.17, 15) is 4.79 Å². The Balaban J connectivity index is 2.68. The van der Waals surface area contributed by atoms with Crippen LogP contribution in [0.3, 0.4) is 0 Å². The van der Waals surface area contributed by atoms with Crippen LogP contribution in [0.2, 0.25) is 0 Å². The van der Waals surface area contributed by atoms with E-state index in [0.29, 0.717) is 11.8 Å². The van der Waals surface area contributed by atoms with Gasteiger partial charge >= 0.3 is 0 Å². The van der Waals surface area contributed by atoms with E-state index in [0.717, 1.165) is 32.4 Å². The molecule has 0 saturated carbocycles. The van der Waals surface area contributed by atoms with Gasteiger partial charge in [-0.3, -0.25) is 4.79 Å². The molecule has 1 heterocycles. The van der Waals surface area contributed by atoms with Crippen LogP contribution < -0.4 is 0 Å². The molecule has 110 valence electrons. The maximum absolute atomic E-state index is 12.4. The van der Waals surface area contributed by atoms with E-state index >= 15 is 0 Å². The third kappa shape index (κ3) is 4.22. The monoisotopic (exact) mass is 273 g/mol. The third-order valence-corrected chi connectivity index (χ3v) is 4.08. The van der Waals surface area contributed by atoms with E-state index in [-0.39, 0.29) is 5.92 Å². The molecule has 1 saturated heterocycles.